The zero-order chi connectivity index (χ0) is 5.11. The van der Waals surface area contributed by atoms with E-state index in [1.54, 1.807) is 0 Å². The molecule has 0 N–H and O–H groups in total. The lowest BCUT2D eigenvalue weighted by atomic mass is 10.5. The molecule has 4 heteroatoms. The first kappa shape index (κ1) is 6.09. The molecule has 0 aromatic heterocycles. The molecule has 0 amide bonds. The minimum absolute atomic E-state index is 0.793. The first-order chi connectivity index (χ1) is 3.39. The molecule has 0 aromatic carbocycles. The van der Waals surface area contributed by atoms with E-state index in [-0.39, 0.29) is 0 Å². The fourth-order valence-electron chi connectivity index (χ4n) is 0.412. The molecule has 1 fully saturated rings. The lowest BCUT2D eigenvalue weighted by Gasteiger charge is -2.10. The van der Waals surface area contributed by atoms with Crippen molar-refractivity contribution in [1.82, 2.24) is 0 Å². The number of hydrogen-bond acceptors (Lipinski definition) is 3. The van der Waals surface area contributed by atoms with E-state index < -0.39 is 6.13 Å². The van der Waals surface area contributed by atoms with E-state index in [9.17, 15) is 0 Å². The molecular weight excluding hydrogens is 147 g/mol. The van der Waals surface area contributed by atoms with Crippen LogP contribution in [0.4, 0.5) is 0 Å². The second kappa shape index (κ2) is 3.08. The first-order valence-electron chi connectivity index (χ1n) is 2.19. The average Bonchev–Trinajstić information content (AvgIpc) is 1.69. The summed E-state index contributed by atoms with van der Waals surface area (Å²) in [6.07, 6.45) is 0.397. The topological polar surface area (TPSA) is 9.23 Å². The van der Waals surface area contributed by atoms with E-state index in [1.165, 1.54) is 12.2 Å². The van der Waals surface area contributed by atoms with Crippen LogP contribution in [-0.2, 0) is 16.3 Å². The summed E-state index contributed by atoms with van der Waals surface area (Å²) in [5, 5.41) is 0. The van der Waals surface area contributed by atoms with Crippen molar-refractivity contribution in [2.75, 3.05) is 12.4 Å². The van der Waals surface area contributed by atoms with E-state index in [4.69, 9.17) is 16.3 Å². The van der Waals surface area contributed by atoms with Gasteiger partial charge in [0, 0.05) is 5.75 Å². The molecule has 42 valence electrons. The van der Waals surface area contributed by atoms with Crippen LogP contribution in [0.5, 0.6) is 0 Å². The van der Waals surface area contributed by atoms with Gasteiger partial charge in [-0.15, -0.1) is 11.4 Å². The Balaban J connectivity index is 2.25. The van der Waals surface area contributed by atoms with Crippen LogP contribution < -0.4 is 0 Å². The van der Waals surface area contributed by atoms with Crippen LogP contribution in [0, 0.1) is 0 Å². The maximum absolute atomic E-state index is 5.16. The van der Waals surface area contributed by atoms with Crippen molar-refractivity contribution in [2.45, 2.75) is 6.42 Å². The first-order valence-corrected chi connectivity index (χ1v) is 6.44. The maximum Gasteiger partial charge on any atom is 0.107 e. The van der Waals surface area contributed by atoms with Gasteiger partial charge in [0.25, 0.3) is 0 Å². The molecule has 0 saturated carbocycles. The Kier molecular flexibility index (Phi) is 2.68. The molecule has 0 spiro atoms. The van der Waals surface area contributed by atoms with Crippen molar-refractivity contribution in [3.63, 3.8) is 0 Å². The van der Waals surface area contributed by atoms with E-state index in [0.29, 0.717) is 0 Å². The summed E-state index contributed by atoms with van der Waals surface area (Å²) in [5.41, 5.74) is 0. The molecule has 1 aliphatic heterocycles. The fraction of sp³-hybridized carbons (Fsp3) is 1.00. The molecule has 7 heavy (non-hydrogen) atoms. The molecule has 1 unspecified atom stereocenters. The van der Waals surface area contributed by atoms with Crippen molar-refractivity contribution < 1.29 is 4.52 Å². The molecule has 1 nitrogen and oxygen atoms in total. The van der Waals surface area contributed by atoms with Crippen LogP contribution in [-0.4, -0.2) is 12.4 Å². The van der Waals surface area contributed by atoms with Crippen molar-refractivity contribution in [3.8, 4) is 0 Å². The number of rotatable bonds is 0. The van der Waals surface area contributed by atoms with Crippen molar-refractivity contribution in [2.24, 2.45) is 0 Å². The Labute approximate surface area is 53.1 Å². The Morgan fingerprint density at radius 1 is 1.71 bits per heavy atom. The predicted molar refractivity (Wildman–Crippen MR) is 38.7 cm³/mol. The monoisotopic (exact) mass is 154 g/mol. The zero-order valence-electron chi connectivity index (χ0n) is 3.85. The van der Waals surface area contributed by atoms with E-state index >= 15 is 0 Å². The largest absolute Gasteiger partial charge is 0.344 e. The summed E-state index contributed by atoms with van der Waals surface area (Å²) in [4.78, 5) is 0. The van der Waals surface area contributed by atoms with E-state index in [1.807, 2.05) is 11.4 Å². The van der Waals surface area contributed by atoms with Crippen LogP contribution in [0.1, 0.15) is 6.42 Å². The highest BCUT2D eigenvalue weighted by atomic mass is 32.9. The van der Waals surface area contributed by atoms with Gasteiger partial charge in [-0.1, -0.05) is 11.8 Å². The minimum atomic E-state index is -0.793. The van der Waals surface area contributed by atoms with Gasteiger partial charge < -0.3 is 4.52 Å². The van der Waals surface area contributed by atoms with E-state index in [2.05, 4.69) is 0 Å². The van der Waals surface area contributed by atoms with Gasteiger partial charge in [0.05, 0.1) is 6.61 Å². The van der Waals surface area contributed by atoms with Gasteiger partial charge in [-0.05, 0) is 6.42 Å². The molecular formula is C3H7OPS2. The molecule has 1 saturated heterocycles. The lowest BCUT2D eigenvalue weighted by molar-refractivity contribution is 0.365. The minimum Gasteiger partial charge on any atom is -0.344 e. The van der Waals surface area contributed by atoms with Crippen molar-refractivity contribution in [1.29, 1.82) is 0 Å². The van der Waals surface area contributed by atoms with Gasteiger partial charge in [-0.2, -0.15) is 0 Å². The summed E-state index contributed by atoms with van der Waals surface area (Å²) in [6, 6.07) is 0. The quantitative estimate of drug-likeness (QED) is 0.491. The summed E-state index contributed by atoms with van der Waals surface area (Å²) < 4.78 is 5.16. The number of hydrogen-bond donors (Lipinski definition) is 0. The van der Waals surface area contributed by atoms with Gasteiger partial charge in [0.15, 0.2) is 0 Å². The van der Waals surface area contributed by atoms with Gasteiger partial charge in [-0.3, -0.25) is 0 Å². The summed E-state index contributed by atoms with van der Waals surface area (Å²) >= 11 is 6.74. The second-order valence-electron chi connectivity index (χ2n) is 1.30. The SMILES string of the molecule is S=[PH]1OCCCS1. The lowest BCUT2D eigenvalue weighted by Crippen LogP contribution is -1.92. The van der Waals surface area contributed by atoms with Crippen LogP contribution in [0.15, 0.2) is 0 Å². The second-order valence-corrected chi connectivity index (χ2v) is 6.65. The van der Waals surface area contributed by atoms with Gasteiger partial charge in [-0.25, -0.2) is 0 Å². The van der Waals surface area contributed by atoms with Crippen LogP contribution in [0.25, 0.3) is 0 Å². The third kappa shape index (κ3) is 2.13. The predicted octanol–water partition coefficient (Wildman–Crippen LogP) is 1.65. The summed E-state index contributed by atoms with van der Waals surface area (Å²) in [5.74, 6) is 1.22. The van der Waals surface area contributed by atoms with Crippen LogP contribution in [0.2, 0.25) is 0 Å². The molecule has 0 aliphatic carbocycles. The third-order valence-electron chi connectivity index (χ3n) is 0.729. The maximum atomic E-state index is 5.16. The molecule has 0 bridgehead atoms. The molecule has 0 radical (unpaired) electrons. The normalized spacial score (nSPS) is 32.9. The third-order valence-corrected chi connectivity index (χ3v) is 4.98. The van der Waals surface area contributed by atoms with Gasteiger partial charge in [0.1, 0.15) is 6.13 Å². The van der Waals surface area contributed by atoms with Gasteiger partial charge >= 0.3 is 0 Å². The van der Waals surface area contributed by atoms with Gasteiger partial charge in [0.2, 0.25) is 0 Å². The molecule has 1 atom stereocenters. The highest BCUT2D eigenvalue weighted by molar-refractivity contribution is 8.62. The molecule has 1 rings (SSSR count). The Hall–Kier alpha value is 0.960. The molecule has 1 aliphatic rings. The Morgan fingerprint density at radius 3 is 2.86 bits per heavy atom. The highest BCUT2D eigenvalue weighted by Crippen LogP contribution is 2.42. The zero-order valence-corrected chi connectivity index (χ0v) is 6.48. The smallest absolute Gasteiger partial charge is 0.107 e. The summed E-state index contributed by atoms with van der Waals surface area (Å²) in [6.45, 7) is 0.908. The van der Waals surface area contributed by atoms with Crippen LogP contribution >= 0.6 is 17.5 Å². The Morgan fingerprint density at radius 2 is 2.57 bits per heavy atom. The average molecular weight is 154 g/mol. The van der Waals surface area contributed by atoms with Crippen molar-refractivity contribution >= 4 is 29.3 Å². The molecule has 1 heterocycles. The van der Waals surface area contributed by atoms with Crippen LogP contribution in [0.3, 0.4) is 0 Å². The molecule has 0 aromatic rings. The summed E-state index contributed by atoms with van der Waals surface area (Å²) in [7, 11) is 0. The standard InChI is InChI=1S/C3H7OPS2/c6-5-4-2-1-3-7-5/h5H,1-3H2. The fourth-order valence-corrected chi connectivity index (χ4v) is 3.67. The highest BCUT2D eigenvalue weighted by Gasteiger charge is 2.01. The van der Waals surface area contributed by atoms with E-state index in [0.717, 1.165) is 6.61 Å². The van der Waals surface area contributed by atoms with Crippen molar-refractivity contribution in [3.05, 3.63) is 0 Å². The Bertz CT molecular complexity index is 77.0.